The van der Waals surface area contributed by atoms with Crippen LogP contribution in [0.1, 0.15) is 51.7 Å². The van der Waals surface area contributed by atoms with E-state index in [0.29, 0.717) is 6.54 Å². The number of benzene rings is 1. The van der Waals surface area contributed by atoms with Crippen LogP contribution >= 0.6 is 0 Å². The number of amides is 2. The van der Waals surface area contributed by atoms with Gasteiger partial charge in [0.05, 0.1) is 6.54 Å². The van der Waals surface area contributed by atoms with Crippen LogP contribution in [0.25, 0.3) is 0 Å². The SMILES string of the molecule is C[C@@H](CN1CCCCc2c(cccc2NC(=O)OC(C)(C)C)C1)NC(=O)CNO. The van der Waals surface area contributed by atoms with Crippen molar-refractivity contribution < 1.29 is 19.5 Å². The van der Waals surface area contributed by atoms with E-state index in [1.54, 1.807) is 0 Å². The van der Waals surface area contributed by atoms with Crippen molar-refractivity contribution in [3.8, 4) is 0 Å². The van der Waals surface area contributed by atoms with Crippen molar-refractivity contribution in [1.29, 1.82) is 0 Å². The average Bonchev–Trinajstić information content (AvgIpc) is 2.56. The zero-order valence-electron chi connectivity index (χ0n) is 17.9. The van der Waals surface area contributed by atoms with Gasteiger partial charge in [-0.2, -0.15) is 5.48 Å². The predicted octanol–water partition coefficient (Wildman–Crippen LogP) is 2.66. The van der Waals surface area contributed by atoms with Crippen molar-refractivity contribution in [2.75, 3.05) is 25.0 Å². The molecule has 1 aliphatic rings. The smallest absolute Gasteiger partial charge is 0.412 e. The fourth-order valence-corrected chi connectivity index (χ4v) is 3.55. The Labute approximate surface area is 172 Å². The molecule has 4 N–H and O–H groups in total. The molecule has 1 aromatic rings. The first-order chi connectivity index (χ1) is 13.7. The van der Waals surface area contributed by atoms with Crippen LogP contribution in [-0.4, -0.2) is 53.4 Å². The minimum Gasteiger partial charge on any atom is -0.444 e. The third kappa shape index (κ3) is 8.00. The molecule has 0 spiro atoms. The Morgan fingerprint density at radius 2 is 2.03 bits per heavy atom. The van der Waals surface area contributed by atoms with Gasteiger partial charge < -0.3 is 15.3 Å². The third-order valence-corrected chi connectivity index (χ3v) is 4.63. The fraction of sp³-hybridized carbons (Fsp3) is 0.619. The lowest BCUT2D eigenvalue weighted by molar-refractivity contribution is -0.122. The minimum absolute atomic E-state index is 0.0400. The summed E-state index contributed by atoms with van der Waals surface area (Å²) in [6, 6.07) is 5.91. The highest BCUT2D eigenvalue weighted by molar-refractivity contribution is 5.86. The number of hydrogen-bond acceptors (Lipinski definition) is 6. The van der Waals surface area contributed by atoms with Gasteiger partial charge >= 0.3 is 6.09 Å². The van der Waals surface area contributed by atoms with E-state index in [-0.39, 0.29) is 18.5 Å². The van der Waals surface area contributed by atoms with Crippen LogP contribution in [0.15, 0.2) is 18.2 Å². The zero-order valence-corrected chi connectivity index (χ0v) is 17.9. The van der Waals surface area contributed by atoms with Crippen LogP contribution in [-0.2, 0) is 22.5 Å². The van der Waals surface area contributed by atoms with Crippen LogP contribution in [0.5, 0.6) is 0 Å². The summed E-state index contributed by atoms with van der Waals surface area (Å²) in [7, 11) is 0. The number of nitrogens with zero attached hydrogens (tertiary/aromatic N) is 1. The zero-order chi connectivity index (χ0) is 21.4. The maximum Gasteiger partial charge on any atom is 0.412 e. The number of ether oxygens (including phenoxy) is 1. The number of hydrogen-bond donors (Lipinski definition) is 4. The third-order valence-electron chi connectivity index (χ3n) is 4.63. The first kappa shape index (κ1) is 23.1. The number of rotatable bonds is 6. The van der Waals surface area contributed by atoms with Crippen LogP contribution in [0.4, 0.5) is 10.5 Å². The summed E-state index contributed by atoms with van der Waals surface area (Å²) >= 11 is 0. The summed E-state index contributed by atoms with van der Waals surface area (Å²) in [5.41, 5.74) is 4.45. The minimum atomic E-state index is -0.545. The van der Waals surface area contributed by atoms with Gasteiger partial charge in [0.2, 0.25) is 5.91 Å². The van der Waals surface area contributed by atoms with E-state index in [0.717, 1.165) is 43.6 Å². The lowest BCUT2D eigenvalue weighted by atomic mass is 9.97. The molecule has 0 fully saturated rings. The highest BCUT2D eigenvalue weighted by Gasteiger charge is 2.21. The molecule has 2 amide bonds. The van der Waals surface area contributed by atoms with Crippen molar-refractivity contribution in [2.24, 2.45) is 0 Å². The van der Waals surface area contributed by atoms with Crippen molar-refractivity contribution in [3.63, 3.8) is 0 Å². The van der Waals surface area contributed by atoms with Crippen LogP contribution < -0.4 is 16.1 Å². The van der Waals surface area contributed by atoms with E-state index in [1.165, 1.54) is 5.56 Å². The van der Waals surface area contributed by atoms with Gasteiger partial charge in [-0.05, 0) is 70.7 Å². The molecule has 0 saturated carbocycles. The first-order valence-electron chi connectivity index (χ1n) is 10.2. The Bertz CT molecular complexity index is 702. The maximum atomic E-state index is 12.2. The highest BCUT2D eigenvalue weighted by Crippen LogP contribution is 2.26. The molecule has 0 aliphatic carbocycles. The summed E-state index contributed by atoms with van der Waals surface area (Å²) in [5.74, 6) is -0.240. The first-order valence-corrected chi connectivity index (χ1v) is 10.2. The second kappa shape index (κ2) is 10.6. The van der Waals surface area contributed by atoms with Gasteiger partial charge in [-0.25, -0.2) is 4.79 Å². The van der Waals surface area contributed by atoms with Crippen LogP contribution in [0, 0.1) is 0 Å². The molecule has 29 heavy (non-hydrogen) atoms. The molecule has 162 valence electrons. The van der Waals surface area contributed by atoms with E-state index in [4.69, 9.17) is 9.94 Å². The number of nitrogens with one attached hydrogen (secondary N) is 3. The Balaban J connectivity index is 2.08. The molecule has 0 saturated heterocycles. The van der Waals surface area contributed by atoms with Crippen molar-refractivity contribution in [1.82, 2.24) is 15.7 Å². The van der Waals surface area contributed by atoms with E-state index in [2.05, 4.69) is 21.6 Å². The summed E-state index contributed by atoms with van der Waals surface area (Å²) in [6.45, 7) is 9.77. The number of anilines is 1. The monoisotopic (exact) mass is 406 g/mol. The van der Waals surface area contributed by atoms with E-state index >= 15 is 0 Å². The molecular formula is C21H34N4O4. The van der Waals surface area contributed by atoms with Crippen molar-refractivity contribution >= 4 is 17.7 Å². The Morgan fingerprint density at radius 3 is 2.72 bits per heavy atom. The van der Waals surface area contributed by atoms with Gasteiger partial charge in [0.25, 0.3) is 0 Å². The van der Waals surface area contributed by atoms with Gasteiger partial charge in [-0.15, -0.1) is 0 Å². The Morgan fingerprint density at radius 1 is 1.28 bits per heavy atom. The molecule has 1 heterocycles. The van der Waals surface area contributed by atoms with Crippen molar-refractivity contribution in [3.05, 3.63) is 29.3 Å². The number of hydroxylamine groups is 1. The van der Waals surface area contributed by atoms with E-state index in [9.17, 15) is 9.59 Å². The van der Waals surface area contributed by atoms with Gasteiger partial charge in [0, 0.05) is 24.8 Å². The van der Waals surface area contributed by atoms with Gasteiger partial charge in [0.1, 0.15) is 5.60 Å². The second-order valence-corrected chi connectivity index (χ2v) is 8.57. The maximum absolute atomic E-state index is 12.2. The highest BCUT2D eigenvalue weighted by atomic mass is 16.6. The molecule has 1 aromatic carbocycles. The molecular weight excluding hydrogens is 372 g/mol. The predicted molar refractivity (Wildman–Crippen MR) is 112 cm³/mol. The van der Waals surface area contributed by atoms with Gasteiger partial charge in [0.15, 0.2) is 0 Å². The lowest BCUT2D eigenvalue weighted by Gasteiger charge is -2.30. The molecule has 8 nitrogen and oxygen atoms in total. The van der Waals surface area contributed by atoms with E-state index < -0.39 is 11.7 Å². The molecule has 2 rings (SSSR count). The number of fused-ring (bicyclic) bond motifs is 1. The molecule has 8 heteroatoms. The normalized spacial score (nSPS) is 16.2. The summed E-state index contributed by atoms with van der Waals surface area (Å²) in [5, 5.41) is 14.4. The largest absolute Gasteiger partial charge is 0.444 e. The second-order valence-electron chi connectivity index (χ2n) is 8.57. The quantitative estimate of drug-likeness (QED) is 0.542. The number of carbonyl (C=O) groups excluding carboxylic acids is 2. The standard InChI is InChI=1S/C21H34N4O4/c1-15(23-19(26)12-22-28)13-25-11-6-5-9-17-16(14-25)8-7-10-18(17)24-20(27)29-21(2,3)4/h7-8,10,15,22,28H,5-6,9,11-14H2,1-4H3,(H,23,26)(H,24,27)/t15-/m0/s1. The summed E-state index contributed by atoms with van der Waals surface area (Å²) in [4.78, 5) is 26.2. The van der Waals surface area contributed by atoms with Crippen LogP contribution in [0.3, 0.4) is 0 Å². The molecule has 1 atom stereocenters. The summed E-state index contributed by atoms with van der Waals surface area (Å²) < 4.78 is 5.40. The molecule has 0 aromatic heterocycles. The Hall–Kier alpha value is -2.16. The number of carbonyl (C=O) groups is 2. The van der Waals surface area contributed by atoms with Gasteiger partial charge in [-0.3, -0.25) is 15.0 Å². The molecule has 1 aliphatic heterocycles. The van der Waals surface area contributed by atoms with Crippen molar-refractivity contribution in [2.45, 2.75) is 65.1 Å². The molecule has 0 bridgehead atoms. The van der Waals surface area contributed by atoms with Gasteiger partial charge in [-0.1, -0.05) is 12.1 Å². The van der Waals surface area contributed by atoms with Crippen LogP contribution in [0.2, 0.25) is 0 Å². The average molecular weight is 407 g/mol. The summed E-state index contributed by atoms with van der Waals surface area (Å²) in [6.07, 6.45) is 2.52. The topological polar surface area (TPSA) is 103 Å². The lowest BCUT2D eigenvalue weighted by Crippen LogP contribution is -2.45. The van der Waals surface area contributed by atoms with E-state index in [1.807, 2.05) is 45.3 Å². The molecule has 0 radical (unpaired) electrons. The Kier molecular flexibility index (Phi) is 8.43. The fourth-order valence-electron chi connectivity index (χ4n) is 3.55. The molecule has 0 unspecified atom stereocenters.